The Morgan fingerprint density at radius 1 is 0.717 bits per heavy atom. The van der Waals surface area contributed by atoms with Gasteiger partial charge in [0.25, 0.3) is 0 Å². The first-order valence-corrected chi connectivity index (χ1v) is 21.7. The highest BCUT2D eigenvalue weighted by atomic mass is 32.2. The van der Waals surface area contributed by atoms with Crippen molar-refractivity contribution in [2.45, 2.75) is 185 Å². The predicted molar refractivity (Wildman–Crippen MR) is 220 cm³/mol. The number of ether oxygens (including phenoxy) is 2. The van der Waals surface area contributed by atoms with E-state index < -0.39 is 42.0 Å². The molecule has 0 rings (SSSR count). The van der Waals surface area contributed by atoms with Gasteiger partial charge in [-0.3, -0.25) is 14.4 Å². The lowest BCUT2D eigenvalue weighted by Crippen LogP contribution is -2.40. The minimum Gasteiger partial charge on any atom is -0.481 e. The second-order valence-electron chi connectivity index (χ2n) is 13.9. The lowest BCUT2D eigenvalue weighted by atomic mass is 10.0. The number of carbonyl (C=O) groups is 3. The van der Waals surface area contributed by atoms with E-state index in [0.29, 0.717) is 6.42 Å². The molecule has 9 nitrogen and oxygen atoms in total. The molecule has 306 valence electrons. The Balaban J connectivity index is 4.50. The molecule has 0 saturated carbocycles. The molecule has 0 bridgehead atoms. The van der Waals surface area contributed by atoms with Crippen molar-refractivity contribution in [1.29, 1.82) is 0 Å². The average Bonchev–Trinajstić information content (AvgIpc) is 3.14. The number of allylic oxidation sites excluding steroid dienone is 7. The number of unbranched alkanes of at least 4 members (excludes halogenated alkanes) is 16. The fraction of sp³-hybridized carbons (Fsp3) is 0.744. The summed E-state index contributed by atoms with van der Waals surface area (Å²) in [5, 5.41) is 29.0. The van der Waals surface area contributed by atoms with Gasteiger partial charge in [0, 0.05) is 23.8 Å². The van der Waals surface area contributed by atoms with Gasteiger partial charge in [-0.2, -0.15) is 0 Å². The lowest BCUT2D eigenvalue weighted by Gasteiger charge is -2.22. The molecule has 0 aliphatic heterocycles. The smallest absolute Gasteiger partial charge is 0.324 e. The number of nitrogens with two attached hydrogens (primary N) is 1. The molecule has 0 spiro atoms. The molecular weight excluding hydrogens is 691 g/mol. The lowest BCUT2D eigenvalue weighted by molar-refractivity contribution is -0.162. The number of rotatable bonds is 37. The van der Waals surface area contributed by atoms with E-state index in [1.54, 1.807) is 6.08 Å². The van der Waals surface area contributed by atoms with Crippen LogP contribution in [0.5, 0.6) is 0 Å². The van der Waals surface area contributed by atoms with Crippen LogP contribution in [0.4, 0.5) is 0 Å². The van der Waals surface area contributed by atoms with Crippen molar-refractivity contribution in [2.24, 2.45) is 5.73 Å². The van der Waals surface area contributed by atoms with Crippen molar-refractivity contribution in [2.75, 3.05) is 19.0 Å². The second kappa shape index (κ2) is 37.9. The van der Waals surface area contributed by atoms with Gasteiger partial charge in [-0.25, -0.2) is 0 Å². The SMILES string of the molecule is CCCCC/C=C\C\C=C/C=C/C=C/[C@@H](SC[C@H](N)C(=O)O[C@@H](CO)COC(=O)CCCCCCCCCCCCCCCC)[C@@H](O)CCCC(=O)O. The first-order valence-electron chi connectivity index (χ1n) is 20.6. The van der Waals surface area contributed by atoms with Crippen molar-refractivity contribution in [3.05, 3.63) is 48.6 Å². The third-order valence-electron chi connectivity index (χ3n) is 8.88. The Morgan fingerprint density at radius 2 is 1.30 bits per heavy atom. The molecule has 0 fully saturated rings. The Labute approximate surface area is 326 Å². The van der Waals surface area contributed by atoms with E-state index in [-0.39, 0.29) is 37.6 Å². The number of hydrogen-bond donors (Lipinski definition) is 4. The molecule has 0 unspecified atom stereocenters. The summed E-state index contributed by atoms with van der Waals surface area (Å²) in [6.45, 7) is 3.68. The molecular formula is C43H75NO8S. The summed E-state index contributed by atoms with van der Waals surface area (Å²) >= 11 is 1.26. The monoisotopic (exact) mass is 766 g/mol. The third kappa shape index (κ3) is 33.9. The van der Waals surface area contributed by atoms with Gasteiger partial charge < -0.3 is 30.5 Å². The predicted octanol–water partition coefficient (Wildman–Crippen LogP) is 9.55. The van der Waals surface area contributed by atoms with Crippen LogP contribution in [0.25, 0.3) is 0 Å². The van der Waals surface area contributed by atoms with Crippen molar-refractivity contribution in [1.82, 2.24) is 0 Å². The molecule has 10 heteroatoms. The summed E-state index contributed by atoms with van der Waals surface area (Å²) in [6, 6.07) is -1.05. The van der Waals surface area contributed by atoms with Crippen LogP contribution < -0.4 is 5.73 Å². The number of carbonyl (C=O) groups excluding carboxylic acids is 2. The maximum absolute atomic E-state index is 12.7. The molecule has 0 aliphatic carbocycles. The van der Waals surface area contributed by atoms with Crippen LogP contribution in [-0.2, 0) is 23.9 Å². The summed E-state index contributed by atoms with van der Waals surface area (Å²) in [5.41, 5.74) is 6.10. The van der Waals surface area contributed by atoms with Gasteiger partial charge in [-0.05, 0) is 38.5 Å². The molecule has 53 heavy (non-hydrogen) atoms. The van der Waals surface area contributed by atoms with Crippen molar-refractivity contribution >= 4 is 29.7 Å². The number of aliphatic carboxylic acids is 1. The summed E-state index contributed by atoms with van der Waals surface area (Å²) in [6.07, 6.45) is 37.6. The highest BCUT2D eigenvalue weighted by Gasteiger charge is 2.24. The average molecular weight is 766 g/mol. The van der Waals surface area contributed by atoms with Crippen molar-refractivity contribution in [3.63, 3.8) is 0 Å². The van der Waals surface area contributed by atoms with Crippen LogP contribution in [0.2, 0.25) is 0 Å². The van der Waals surface area contributed by atoms with E-state index in [1.165, 1.54) is 102 Å². The largest absolute Gasteiger partial charge is 0.481 e. The fourth-order valence-electron chi connectivity index (χ4n) is 5.57. The fourth-order valence-corrected chi connectivity index (χ4v) is 6.69. The zero-order valence-electron chi connectivity index (χ0n) is 33.2. The summed E-state index contributed by atoms with van der Waals surface area (Å²) < 4.78 is 10.6. The number of esters is 2. The van der Waals surface area contributed by atoms with Gasteiger partial charge in [-0.15, -0.1) is 11.8 Å². The van der Waals surface area contributed by atoms with Gasteiger partial charge in [-0.1, -0.05) is 159 Å². The van der Waals surface area contributed by atoms with Crippen LogP contribution >= 0.6 is 11.8 Å². The highest BCUT2D eigenvalue weighted by Crippen LogP contribution is 2.22. The number of hydrogen-bond acceptors (Lipinski definition) is 9. The molecule has 0 aromatic carbocycles. The summed E-state index contributed by atoms with van der Waals surface area (Å²) in [7, 11) is 0. The van der Waals surface area contributed by atoms with Crippen LogP contribution in [0.3, 0.4) is 0 Å². The van der Waals surface area contributed by atoms with Gasteiger partial charge in [0.1, 0.15) is 12.6 Å². The molecule has 0 radical (unpaired) electrons. The third-order valence-corrected chi connectivity index (χ3v) is 10.3. The molecule has 0 saturated heterocycles. The highest BCUT2D eigenvalue weighted by molar-refractivity contribution is 8.00. The Bertz CT molecular complexity index is 1010. The maximum atomic E-state index is 12.7. The topological polar surface area (TPSA) is 156 Å². The number of aliphatic hydroxyl groups is 2. The van der Waals surface area contributed by atoms with Gasteiger partial charge in [0.2, 0.25) is 0 Å². The van der Waals surface area contributed by atoms with Gasteiger partial charge in [0.05, 0.1) is 12.7 Å². The van der Waals surface area contributed by atoms with Crippen molar-refractivity contribution in [3.8, 4) is 0 Å². The number of aliphatic hydroxyl groups excluding tert-OH is 2. The van der Waals surface area contributed by atoms with Crippen LogP contribution in [0.15, 0.2) is 48.6 Å². The van der Waals surface area contributed by atoms with E-state index in [9.17, 15) is 24.6 Å². The second-order valence-corrected chi connectivity index (χ2v) is 15.1. The van der Waals surface area contributed by atoms with Crippen LogP contribution in [-0.4, -0.2) is 75.7 Å². The first kappa shape index (κ1) is 50.6. The van der Waals surface area contributed by atoms with Gasteiger partial charge >= 0.3 is 17.9 Å². The molecule has 0 amide bonds. The zero-order valence-corrected chi connectivity index (χ0v) is 34.0. The normalized spacial score (nSPS) is 14.4. The van der Waals surface area contributed by atoms with E-state index in [1.807, 2.05) is 24.3 Å². The minimum atomic E-state index is -1.05. The summed E-state index contributed by atoms with van der Waals surface area (Å²) in [4.78, 5) is 35.9. The number of thioether (sulfide) groups is 1. The Hall–Kier alpha value is -2.40. The standard InChI is InChI=1S/C43H75NO8S/c1-3-5-7-9-11-13-15-17-18-20-22-24-26-28-33-42(49)51-35-37(34-45)52-43(50)38(44)36-53-40(39(46)30-29-32-41(47)48)31-27-25-23-21-19-16-14-12-10-8-6-4-2/h12,14,19,21,23,25,27,31,37-40,45-46H,3-11,13,15-18,20,22,24,26,28-30,32-36,44H2,1-2H3,(H,47,48)/b14-12-,21-19-,25-23+,31-27+/t37-,38-,39-,40+/m0/s1. The van der Waals surface area contributed by atoms with Gasteiger partial charge in [0.15, 0.2) is 6.10 Å². The molecule has 4 atom stereocenters. The first-order chi connectivity index (χ1) is 25.7. The van der Waals surface area contributed by atoms with E-state index >= 15 is 0 Å². The molecule has 0 aromatic heterocycles. The molecule has 0 heterocycles. The number of carboxylic acids is 1. The minimum absolute atomic E-state index is 0.0473. The van der Waals surface area contributed by atoms with Crippen molar-refractivity contribution < 1.29 is 39.2 Å². The van der Waals surface area contributed by atoms with Crippen LogP contribution in [0.1, 0.15) is 162 Å². The maximum Gasteiger partial charge on any atom is 0.324 e. The Morgan fingerprint density at radius 3 is 1.91 bits per heavy atom. The quantitative estimate of drug-likeness (QED) is 0.0208. The molecule has 0 aromatic rings. The van der Waals surface area contributed by atoms with E-state index in [4.69, 9.17) is 20.3 Å². The van der Waals surface area contributed by atoms with Crippen LogP contribution in [0, 0.1) is 0 Å². The van der Waals surface area contributed by atoms with E-state index in [0.717, 1.165) is 32.1 Å². The zero-order chi connectivity index (χ0) is 39.2. The van der Waals surface area contributed by atoms with E-state index in [2.05, 4.69) is 32.1 Å². The number of carboxylic acid groups (broad SMARTS) is 1. The molecule has 0 aliphatic rings. The molecule has 5 N–H and O–H groups in total. The Kier molecular flexibility index (Phi) is 36.2. The summed E-state index contributed by atoms with van der Waals surface area (Å²) in [5.74, 6) is -1.93.